The van der Waals surface area contributed by atoms with Gasteiger partial charge < -0.3 is 13.9 Å². The first kappa shape index (κ1) is 23.9. The Bertz CT molecular complexity index is 1600. The molecule has 0 spiro atoms. The molecular weight excluding hydrogens is 538 g/mol. The average molecular weight is 566 g/mol. The van der Waals surface area contributed by atoms with Gasteiger partial charge in [0.15, 0.2) is 0 Å². The minimum atomic E-state index is -0.343. The van der Waals surface area contributed by atoms with Crippen molar-refractivity contribution in [2.24, 2.45) is 14.1 Å². The molecule has 2 unspecified atom stereocenters. The lowest BCUT2D eigenvalue weighted by Gasteiger charge is -2.42. The van der Waals surface area contributed by atoms with Crippen LogP contribution in [-0.4, -0.2) is 60.9 Å². The van der Waals surface area contributed by atoms with Crippen LogP contribution in [-0.2, 0) is 19.6 Å². The van der Waals surface area contributed by atoms with Gasteiger partial charge in [-0.15, -0.1) is 0 Å². The van der Waals surface area contributed by atoms with E-state index < -0.39 is 0 Å². The van der Waals surface area contributed by atoms with Crippen molar-refractivity contribution in [3.8, 4) is 17.0 Å². The van der Waals surface area contributed by atoms with E-state index in [1.165, 1.54) is 4.57 Å². The number of hydrogen-bond acceptors (Lipinski definition) is 6. The van der Waals surface area contributed by atoms with Crippen LogP contribution in [0.15, 0.2) is 45.9 Å². The number of aromatic nitrogens is 5. The molecule has 192 valence electrons. The molecule has 2 atom stereocenters. The number of benzene rings is 1. The Morgan fingerprint density at radius 1 is 1.14 bits per heavy atom. The quantitative estimate of drug-likeness (QED) is 0.351. The first-order valence-electron chi connectivity index (χ1n) is 12.3. The summed E-state index contributed by atoms with van der Waals surface area (Å²) in [5.74, 6) is 0.657. The number of pyridine rings is 1. The molecule has 1 fully saturated rings. The van der Waals surface area contributed by atoms with E-state index in [1.807, 2.05) is 18.2 Å². The summed E-state index contributed by atoms with van der Waals surface area (Å²) in [6.45, 7) is 5.12. The Labute approximate surface area is 222 Å². The smallest absolute Gasteiger partial charge is 0.259 e. The van der Waals surface area contributed by atoms with Gasteiger partial charge in [0.25, 0.3) is 11.5 Å². The molecule has 3 aromatic heterocycles. The molecule has 4 bridgehead atoms. The fourth-order valence-corrected chi connectivity index (χ4v) is 5.98. The number of halogens is 1. The minimum absolute atomic E-state index is 0.233. The third-order valence-corrected chi connectivity index (χ3v) is 7.90. The van der Waals surface area contributed by atoms with Gasteiger partial charge in [-0.1, -0.05) is 15.9 Å². The molecule has 1 saturated heterocycles. The van der Waals surface area contributed by atoms with Crippen molar-refractivity contribution in [1.29, 1.82) is 0 Å². The van der Waals surface area contributed by atoms with Crippen molar-refractivity contribution in [2.75, 3.05) is 31.6 Å². The van der Waals surface area contributed by atoms with E-state index in [0.29, 0.717) is 35.1 Å². The van der Waals surface area contributed by atoms with Crippen molar-refractivity contribution >= 4 is 38.8 Å². The van der Waals surface area contributed by atoms with Crippen LogP contribution < -0.4 is 15.6 Å². The van der Waals surface area contributed by atoms with Gasteiger partial charge in [-0.05, 0) is 50.6 Å². The zero-order valence-electron chi connectivity index (χ0n) is 21.0. The highest BCUT2D eigenvalue weighted by atomic mass is 79.9. The first-order chi connectivity index (χ1) is 17.7. The number of amides is 1. The van der Waals surface area contributed by atoms with E-state index in [9.17, 15) is 9.59 Å². The second-order valence-electron chi connectivity index (χ2n) is 10.1. The standard InChI is InChI=1S/C26H28BrN7O3/c1-26-7-4-8-33(15-26)9-10-37-24-19(13-28-32(24)3)18-11-16(14-31(2)23(18)36)22(35)30-25-29-20-6-5-17(27)12-21(20)34(25)26/h5-6,11-14H,4,7-10,15H2,1-3H3,(H,29,30,35). The van der Waals surface area contributed by atoms with Crippen LogP contribution in [0.2, 0.25) is 0 Å². The predicted octanol–water partition coefficient (Wildman–Crippen LogP) is 3.35. The maximum atomic E-state index is 13.6. The third-order valence-electron chi connectivity index (χ3n) is 7.40. The number of ether oxygens (including phenoxy) is 1. The molecule has 2 aliphatic rings. The van der Waals surface area contributed by atoms with Crippen molar-refractivity contribution in [2.45, 2.75) is 25.3 Å². The normalized spacial score (nSPS) is 21.8. The SMILES string of the molecule is Cn1ncc2c1OCCN1CCCC(C)(C1)n1c(nc3ccc(Br)cc31)NC(=O)c1cc-2c(=O)n(C)c1. The van der Waals surface area contributed by atoms with Gasteiger partial charge >= 0.3 is 0 Å². The molecule has 1 N–H and O–H groups in total. The summed E-state index contributed by atoms with van der Waals surface area (Å²) in [5.41, 5.74) is 2.49. The van der Waals surface area contributed by atoms with E-state index in [1.54, 1.807) is 37.2 Å². The van der Waals surface area contributed by atoms with E-state index in [-0.39, 0.29) is 17.0 Å². The van der Waals surface area contributed by atoms with Gasteiger partial charge in [-0.2, -0.15) is 5.10 Å². The molecule has 0 saturated carbocycles. The number of piperidine rings is 1. The Hall–Kier alpha value is -3.44. The Kier molecular flexibility index (Phi) is 5.72. The molecular formula is C26H28BrN7O3. The van der Waals surface area contributed by atoms with E-state index in [4.69, 9.17) is 9.72 Å². The molecule has 2 aliphatic heterocycles. The number of carbonyl (C=O) groups is 1. The van der Waals surface area contributed by atoms with Gasteiger partial charge in [0.1, 0.15) is 6.61 Å². The Morgan fingerprint density at radius 3 is 2.81 bits per heavy atom. The van der Waals surface area contributed by atoms with E-state index in [0.717, 1.165) is 48.0 Å². The van der Waals surface area contributed by atoms with E-state index in [2.05, 4.69) is 42.7 Å². The van der Waals surface area contributed by atoms with Crippen molar-refractivity contribution in [3.63, 3.8) is 0 Å². The molecule has 0 aliphatic carbocycles. The number of aryl methyl sites for hydroxylation is 2. The van der Waals surface area contributed by atoms with Gasteiger partial charge in [-0.25, -0.2) is 9.67 Å². The number of nitrogens with zero attached hydrogens (tertiary/aromatic N) is 6. The predicted molar refractivity (Wildman–Crippen MR) is 144 cm³/mol. The molecule has 11 heteroatoms. The number of imidazole rings is 1. The van der Waals surface area contributed by atoms with Crippen LogP contribution in [0.1, 0.15) is 30.1 Å². The van der Waals surface area contributed by atoms with Gasteiger partial charge in [-0.3, -0.25) is 19.8 Å². The summed E-state index contributed by atoms with van der Waals surface area (Å²) in [5, 5.41) is 7.39. The minimum Gasteiger partial charge on any atom is -0.476 e. The molecule has 0 radical (unpaired) electrons. The fourth-order valence-electron chi connectivity index (χ4n) is 5.63. The number of nitrogens with one attached hydrogen (secondary N) is 1. The average Bonchev–Trinajstić information content (AvgIpc) is 3.40. The molecule has 6 rings (SSSR count). The van der Waals surface area contributed by atoms with Gasteiger partial charge in [0.2, 0.25) is 11.8 Å². The zero-order valence-corrected chi connectivity index (χ0v) is 22.6. The van der Waals surface area contributed by atoms with Crippen LogP contribution in [0.4, 0.5) is 5.95 Å². The summed E-state index contributed by atoms with van der Waals surface area (Å²) in [6, 6.07) is 7.56. The molecule has 1 amide bonds. The molecule has 10 nitrogen and oxygen atoms in total. The van der Waals surface area contributed by atoms with Crippen LogP contribution in [0, 0.1) is 0 Å². The van der Waals surface area contributed by atoms with E-state index >= 15 is 0 Å². The van der Waals surface area contributed by atoms with Crippen LogP contribution in [0.5, 0.6) is 5.88 Å². The summed E-state index contributed by atoms with van der Waals surface area (Å²) >= 11 is 3.60. The van der Waals surface area contributed by atoms with Crippen molar-refractivity contribution < 1.29 is 9.53 Å². The molecule has 1 aromatic carbocycles. The number of hydrogen-bond donors (Lipinski definition) is 1. The molecule has 4 aromatic rings. The van der Waals surface area contributed by atoms with Crippen molar-refractivity contribution in [3.05, 3.63) is 57.0 Å². The Balaban J connectivity index is 1.55. The lowest BCUT2D eigenvalue weighted by Crippen LogP contribution is -2.49. The fraction of sp³-hybridized carbons (Fsp3) is 0.385. The maximum absolute atomic E-state index is 13.6. The summed E-state index contributed by atoms with van der Waals surface area (Å²) in [6.07, 6.45) is 5.11. The second kappa shape index (κ2) is 8.84. The second-order valence-corrected chi connectivity index (χ2v) is 11.0. The topological polar surface area (TPSA) is 99.2 Å². The zero-order chi connectivity index (χ0) is 25.9. The highest BCUT2D eigenvalue weighted by Gasteiger charge is 2.36. The monoisotopic (exact) mass is 565 g/mol. The van der Waals surface area contributed by atoms with Gasteiger partial charge in [0, 0.05) is 37.9 Å². The highest BCUT2D eigenvalue weighted by molar-refractivity contribution is 9.10. The van der Waals surface area contributed by atoms with Crippen LogP contribution >= 0.6 is 15.9 Å². The number of fused-ring (bicyclic) bond motifs is 10. The van der Waals surface area contributed by atoms with Gasteiger partial charge in [0.05, 0.1) is 39.5 Å². The molecule has 5 heterocycles. The summed E-state index contributed by atoms with van der Waals surface area (Å²) in [4.78, 5) is 34.0. The van der Waals surface area contributed by atoms with Crippen molar-refractivity contribution in [1.82, 2.24) is 28.8 Å². The number of anilines is 1. The summed E-state index contributed by atoms with van der Waals surface area (Å²) in [7, 11) is 3.42. The van der Waals surface area contributed by atoms with Crippen LogP contribution in [0.3, 0.4) is 0 Å². The lowest BCUT2D eigenvalue weighted by atomic mass is 9.90. The maximum Gasteiger partial charge on any atom is 0.259 e. The van der Waals surface area contributed by atoms with Crippen LogP contribution in [0.25, 0.3) is 22.2 Å². The number of carbonyl (C=O) groups excluding carboxylic acids is 1. The number of rotatable bonds is 0. The first-order valence-corrected chi connectivity index (χ1v) is 13.1. The Morgan fingerprint density at radius 2 is 1.97 bits per heavy atom. The summed E-state index contributed by atoms with van der Waals surface area (Å²) < 4.78 is 12.4. The molecule has 37 heavy (non-hydrogen) atoms. The highest BCUT2D eigenvalue weighted by Crippen LogP contribution is 2.37. The lowest BCUT2D eigenvalue weighted by molar-refractivity contribution is 0.0960. The third kappa shape index (κ3) is 4.06. The largest absolute Gasteiger partial charge is 0.476 e.